The van der Waals surface area contributed by atoms with E-state index in [0.717, 1.165) is 45.1 Å². The molecule has 2 saturated heterocycles. The van der Waals surface area contributed by atoms with Crippen molar-refractivity contribution in [3.8, 4) is 0 Å². The zero-order valence-corrected chi connectivity index (χ0v) is 8.12. The van der Waals surface area contributed by atoms with E-state index in [0.29, 0.717) is 0 Å². The molecule has 2 amide bonds. The minimum atomic E-state index is 0.201. The third-order valence-corrected chi connectivity index (χ3v) is 2.98. The zero-order chi connectivity index (χ0) is 9.26. The number of hydrogen-bond donors (Lipinski definition) is 1. The molecule has 0 bridgehead atoms. The number of nitrogens with one attached hydrogen (secondary N) is 1. The Morgan fingerprint density at radius 3 is 2.69 bits per heavy atom. The van der Waals surface area contributed by atoms with Crippen molar-refractivity contribution in [1.82, 2.24) is 15.1 Å². The summed E-state index contributed by atoms with van der Waals surface area (Å²) >= 11 is 0. The van der Waals surface area contributed by atoms with Crippen LogP contribution in [0.4, 0.5) is 4.79 Å². The summed E-state index contributed by atoms with van der Waals surface area (Å²) in [4.78, 5) is 15.2. The molecular formula is C9H17N3O. The minimum Gasteiger partial charge on any atom is -0.326 e. The first kappa shape index (κ1) is 8.81. The van der Waals surface area contributed by atoms with Gasteiger partial charge >= 0.3 is 6.03 Å². The fraction of sp³-hybridized carbons (Fsp3) is 0.889. The Morgan fingerprint density at radius 2 is 2.23 bits per heavy atom. The lowest BCUT2D eigenvalue weighted by molar-refractivity contribution is 0.192. The normalized spacial score (nSPS) is 23.9. The minimum absolute atomic E-state index is 0.201. The molecule has 0 atom stereocenters. The van der Waals surface area contributed by atoms with Crippen LogP contribution >= 0.6 is 0 Å². The Kier molecular flexibility index (Phi) is 2.40. The molecule has 0 radical (unpaired) electrons. The number of carbonyl (C=O) groups is 1. The molecule has 4 nitrogen and oxygen atoms in total. The molecule has 2 aliphatic rings. The highest BCUT2D eigenvalue weighted by Crippen LogP contribution is 2.12. The zero-order valence-electron chi connectivity index (χ0n) is 8.12. The van der Waals surface area contributed by atoms with E-state index in [1.54, 1.807) is 4.90 Å². The molecule has 0 aromatic heterocycles. The number of amides is 2. The van der Waals surface area contributed by atoms with Gasteiger partial charge in [0.15, 0.2) is 0 Å². The summed E-state index contributed by atoms with van der Waals surface area (Å²) in [6, 6.07) is 0.201. The van der Waals surface area contributed by atoms with Crippen molar-refractivity contribution in [3.63, 3.8) is 0 Å². The predicted molar refractivity (Wildman–Crippen MR) is 50.6 cm³/mol. The fourth-order valence-electron chi connectivity index (χ4n) is 1.80. The highest BCUT2D eigenvalue weighted by molar-refractivity contribution is 5.76. The Morgan fingerprint density at radius 1 is 1.46 bits per heavy atom. The molecule has 0 aromatic carbocycles. The van der Waals surface area contributed by atoms with Crippen LogP contribution in [0.2, 0.25) is 0 Å². The molecule has 0 aliphatic carbocycles. The van der Waals surface area contributed by atoms with Crippen molar-refractivity contribution in [2.24, 2.45) is 5.92 Å². The third kappa shape index (κ3) is 1.77. The van der Waals surface area contributed by atoms with Crippen molar-refractivity contribution >= 4 is 6.03 Å². The average Bonchev–Trinajstić information content (AvgIpc) is 2.33. The summed E-state index contributed by atoms with van der Waals surface area (Å²) < 4.78 is 0. The van der Waals surface area contributed by atoms with Gasteiger partial charge in [0.2, 0.25) is 0 Å². The smallest absolute Gasteiger partial charge is 0.319 e. The second-order valence-electron chi connectivity index (χ2n) is 4.00. The maximum Gasteiger partial charge on any atom is 0.319 e. The number of hydrogen-bond acceptors (Lipinski definition) is 2. The molecule has 2 aliphatic heterocycles. The lowest BCUT2D eigenvalue weighted by atomic mass is 9.99. The van der Waals surface area contributed by atoms with Crippen LogP contribution in [0.25, 0.3) is 0 Å². The third-order valence-electron chi connectivity index (χ3n) is 2.98. The first-order chi connectivity index (χ1) is 6.27. The van der Waals surface area contributed by atoms with E-state index in [-0.39, 0.29) is 6.03 Å². The molecule has 13 heavy (non-hydrogen) atoms. The van der Waals surface area contributed by atoms with Gasteiger partial charge in [0.05, 0.1) is 0 Å². The van der Waals surface area contributed by atoms with E-state index in [1.165, 1.54) is 0 Å². The highest BCUT2D eigenvalue weighted by atomic mass is 16.2. The second-order valence-corrected chi connectivity index (χ2v) is 4.00. The van der Waals surface area contributed by atoms with Gasteiger partial charge in [0, 0.05) is 26.7 Å². The Bertz CT molecular complexity index is 203. The van der Waals surface area contributed by atoms with Crippen molar-refractivity contribution in [1.29, 1.82) is 0 Å². The Labute approximate surface area is 78.9 Å². The van der Waals surface area contributed by atoms with Gasteiger partial charge in [-0.25, -0.2) is 4.79 Å². The quantitative estimate of drug-likeness (QED) is 0.666. The molecule has 2 heterocycles. The van der Waals surface area contributed by atoms with Gasteiger partial charge in [-0.15, -0.1) is 0 Å². The first-order valence-corrected chi connectivity index (χ1v) is 4.98. The Hall–Kier alpha value is -0.770. The largest absolute Gasteiger partial charge is 0.326 e. The summed E-state index contributed by atoms with van der Waals surface area (Å²) in [5.74, 6) is 0.804. The summed E-state index contributed by atoms with van der Waals surface area (Å²) in [6.45, 7) is 5.02. The number of carbonyl (C=O) groups excluding carboxylic acids is 1. The van der Waals surface area contributed by atoms with Crippen LogP contribution in [0, 0.1) is 5.92 Å². The van der Waals surface area contributed by atoms with Gasteiger partial charge in [-0.05, 0) is 25.4 Å². The van der Waals surface area contributed by atoms with E-state index < -0.39 is 0 Å². The molecule has 0 saturated carbocycles. The van der Waals surface area contributed by atoms with Crippen molar-refractivity contribution in [2.75, 3.05) is 39.8 Å². The SMILES string of the molecule is CN1CCN(CCC2CNC2)C1=O. The van der Waals surface area contributed by atoms with E-state index >= 15 is 0 Å². The summed E-state index contributed by atoms with van der Waals surface area (Å²) in [5, 5.41) is 3.24. The van der Waals surface area contributed by atoms with E-state index in [9.17, 15) is 4.79 Å². The van der Waals surface area contributed by atoms with E-state index in [2.05, 4.69) is 5.32 Å². The van der Waals surface area contributed by atoms with Gasteiger partial charge in [0.1, 0.15) is 0 Å². The molecule has 0 unspecified atom stereocenters. The molecule has 0 spiro atoms. The number of likely N-dealkylation sites (N-methyl/N-ethyl adjacent to an activating group) is 1. The molecule has 2 fully saturated rings. The second kappa shape index (κ2) is 3.54. The van der Waals surface area contributed by atoms with Crippen molar-refractivity contribution in [2.45, 2.75) is 6.42 Å². The maximum atomic E-state index is 11.5. The van der Waals surface area contributed by atoms with Crippen molar-refractivity contribution in [3.05, 3.63) is 0 Å². The Balaban J connectivity index is 1.72. The van der Waals surface area contributed by atoms with Crippen LogP contribution in [0.3, 0.4) is 0 Å². The van der Waals surface area contributed by atoms with Gasteiger partial charge in [-0.2, -0.15) is 0 Å². The van der Waals surface area contributed by atoms with Crippen LogP contribution < -0.4 is 5.32 Å². The summed E-state index contributed by atoms with van der Waals surface area (Å²) in [5.41, 5.74) is 0. The van der Waals surface area contributed by atoms with Crippen molar-refractivity contribution < 1.29 is 4.79 Å². The lowest BCUT2D eigenvalue weighted by Crippen LogP contribution is -2.44. The lowest BCUT2D eigenvalue weighted by Gasteiger charge is -2.28. The highest BCUT2D eigenvalue weighted by Gasteiger charge is 2.26. The monoisotopic (exact) mass is 183 g/mol. The van der Waals surface area contributed by atoms with E-state index in [1.807, 2.05) is 11.9 Å². The van der Waals surface area contributed by atoms with Gasteiger partial charge < -0.3 is 15.1 Å². The molecule has 1 N–H and O–H groups in total. The van der Waals surface area contributed by atoms with Crippen LogP contribution in [-0.2, 0) is 0 Å². The molecule has 0 aromatic rings. The maximum absolute atomic E-state index is 11.5. The number of rotatable bonds is 3. The number of urea groups is 1. The average molecular weight is 183 g/mol. The summed E-state index contributed by atoms with van der Waals surface area (Å²) in [7, 11) is 1.87. The molecule has 2 rings (SSSR count). The topological polar surface area (TPSA) is 35.6 Å². The fourth-order valence-corrected chi connectivity index (χ4v) is 1.80. The summed E-state index contributed by atoms with van der Waals surface area (Å²) in [6.07, 6.45) is 1.16. The molecule has 4 heteroatoms. The predicted octanol–water partition coefficient (Wildman–Crippen LogP) is -0.0367. The first-order valence-electron chi connectivity index (χ1n) is 4.98. The number of nitrogens with zero attached hydrogens (tertiary/aromatic N) is 2. The van der Waals surface area contributed by atoms with Gasteiger partial charge in [-0.1, -0.05) is 0 Å². The van der Waals surface area contributed by atoms with Crippen LogP contribution in [0.15, 0.2) is 0 Å². The molecular weight excluding hydrogens is 166 g/mol. The van der Waals surface area contributed by atoms with E-state index in [4.69, 9.17) is 0 Å². The van der Waals surface area contributed by atoms with Gasteiger partial charge in [-0.3, -0.25) is 0 Å². The van der Waals surface area contributed by atoms with Crippen LogP contribution in [0.5, 0.6) is 0 Å². The van der Waals surface area contributed by atoms with Gasteiger partial charge in [0.25, 0.3) is 0 Å². The van der Waals surface area contributed by atoms with Crippen LogP contribution in [-0.4, -0.2) is 55.6 Å². The molecule has 74 valence electrons. The van der Waals surface area contributed by atoms with Crippen LogP contribution in [0.1, 0.15) is 6.42 Å². The standard InChI is InChI=1S/C9H17N3O/c1-11-4-5-12(9(11)13)3-2-8-6-10-7-8/h8,10H,2-7H2,1H3.